The van der Waals surface area contributed by atoms with Crippen LogP contribution in [-0.2, 0) is 21.5 Å². The second kappa shape index (κ2) is 12.6. The topological polar surface area (TPSA) is 103 Å². The fourth-order valence-corrected chi connectivity index (χ4v) is 5.88. The molecule has 1 fully saturated rings. The van der Waals surface area contributed by atoms with Gasteiger partial charge in [-0.25, -0.2) is 4.39 Å². The molecule has 10 heteroatoms. The van der Waals surface area contributed by atoms with Crippen molar-refractivity contribution >= 4 is 29.7 Å². The first-order chi connectivity index (χ1) is 18.8. The van der Waals surface area contributed by atoms with Crippen LogP contribution >= 0.6 is 11.6 Å². The van der Waals surface area contributed by atoms with Crippen molar-refractivity contribution < 1.29 is 23.5 Å². The third-order valence-corrected chi connectivity index (χ3v) is 7.99. The molecule has 8 nitrogen and oxygen atoms in total. The Hall–Kier alpha value is -3.48. The van der Waals surface area contributed by atoms with E-state index in [-0.39, 0.29) is 36.2 Å². The Labute approximate surface area is 232 Å². The van der Waals surface area contributed by atoms with Crippen LogP contribution in [0, 0.1) is 17.1 Å². The highest BCUT2D eigenvalue weighted by molar-refractivity contribution is 6.31. The number of benzene rings is 2. The van der Waals surface area contributed by atoms with Crippen molar-refractivity contribution in [3.63, 3.8) is 0 Å². The van der Waals surface area contributed by atoms with Gasteiger partial charge in [0.1, 0.15) is 23.9 Å². The second-order valence-electron chi connectivity index (χ2n) is 9.92. The van der Waals surface area contributed by atoms with E-state index in [0.717, 1.165) is 24.8 Å². The smallest absolute Gasteiger partial charge is 0.255 e. The van der Waals surface area contributed by atoms with Gasteiger partial charge in [-0.3, -0.25) is 9.59 Å². The minimum absolute atomic E-state index is 0.181. The highest BCUT2D eigenvalue weighted by atomic mass is 35.5. The number of carbonyl (C=O) groups excluding carboxylic acids is 3. The highest BCUT2D eigenvalue weighted by Gasteiger charge is 2.40. The molecule has 2 aromatic rings. The number of likely N-dealkylation sites (N-methyl/N-ethyl adjacent to an activating group) is 1. The van der Waals surface area contributed by atoms with Crippen molar-refractivity contribution in [2.24, 2.45) is 0 Å². The molecule has 2 aliphatic heterocycles. The SMILES string of the molecule is CNC(=O)C(CCC=O)N1Cc2c(OCCCN3CCC(C#N)(c4c(F)cccc4Cl)CC3)cccc2C1=O. The predicted octanol–water partition coefficient (Wildman–Crippen LogP) is 3.85. The van der Waals surface area contributed by atoms with Gasteiger partial charge in [0.15, 0.2) is 0 Å². The van der Waals surface area contributed by atoms with Crippen molar-refractivity contribution in [1.82, 2.24) is 15.1 Å². The van der Waals surface area contributed by atoms with Crippen LogP contribution in [0.3, 0.4) is 0 Å². The molecule has 2 aromatic carbocycles. The number of hydrogen-bond donors (Lipinski definition) is 1. The van der Waals surface area contributed by atoms with E-state index in [1.807, 2.05) is 6.07 Å². The van der Waals surface area contributed by atoms with E-state index in [1.54, 1.807) is 24.3 Å². The van der Waals surface area contributed by atoms with Gasteiger partial charge < -0.3 is 24.6 Å². The summed E-state index contributed by atoms with van der Waals surface area (Å²) in [6.07, 6.45) is 2.89. The van der Waals surface area contributed by atoms with Gasteiger partial charge in [0.25, 0.3) is 5.91 Å². The van der Waals surface area contributed by atoms with Crippen LogP contribution < -0.4 is 10.1 Å². The standard InChI is InChI=1S/C29H32ClFN4O4/c1-33-27(37)24(9-4-16-36)35-18-21-20(28(35)38)6-2-10-25(21)39-17-5-13-34-14-11-29(19-32,12-15-34)26-22(30)7-3-8-23(26)31/h2-3,6-8,10,16,24H,4-5,9,11-15,17-18H2,1H3,(H,33,37). The molecular weight excluding hydrogens is 523 g/mol. The largest absolute Gasteiger partial charge is 0.493 e. The number of halogens is 2. The Morgan fingerprint density at radius 2 is 2.03 bits per heavy atom. The quantitative estimate of drug-likeness (QED) is 0.334. The van der Waals surface area contributed by atoms with E-state index in [2.05, 4.69) is 16.3 Å². The molecule has 1 atom stereocenters. The average molecular weight is 555 g/mol. The van der Waals surface area contributed by atoms with Crippen LogP contribution in [0.2, 0.25) is 5.02 Å². The number of likely N-dealkylation sites (tertiary alicyclic amines) is 1. The molecule has 2 heterocycles. The lowest BCUT2D eigenvalue weighted by atomic mass is 9.73. The summed E-state index contributed by atoms with van der Waals surface area (Å²) >= 11 is 6.27. The Balaban J connectivity index is 1.32. The maximum absolute atomic E-state index is 14.5. The first kappa shape index (κ1) is 28.5. The van der Waals surface area contributed by atoms with E-state index >= 15 is 0 Å². The summed E-state index contributed by atoms with van der Waals surface area (Å²) in [4.78, 5) is 40.1. The van der Waals surface area contributed by atoms with E-state index in [1.165, 1.54) is 18.0 Å². The zero-order valence-electron chi connectivity index (χ0n) is 21.9. The van der Waals surface area contributed by atoms with Crippen molar-refractivity contribution in [1.29, 1.82) is 5.26 Å². The number of carbonyl (C=O) groups is 3. The zero-order valence-corrected chi connectivity index (χ0v) is 22.7. The van der Waals surface area contributed by atoms with Crippen molar-refractivity contribution in [2.75, 3.05) is 33.3 Å². The molecule has 4 rings (SSSR count). The van der Waals surface area contributed by atoms with E-state index in [0.29, 0.717) is 49.4 Å². The number of nitrogens with zero attached hydrogens (tertiary/aromatic N) is 3. The number of aldehydes is 1. The van der Waals surface area contributed by atoms with Crippen LogP contribution in [0.4, 0.5) is 4.39 Å². The van der Waals surface area contributed by atoms with Crippen LogP contribution in [0.25, 0.3) is 0 Å². The third kappa shape index (κ3) is 5.92. The molecule has 1 N–H and O–H groups in total. The average Bonchev–Trinajstić information content (AvgIpc) is 3.28. The van der Waals surface area contributed by atoms with Crippen molar-refractivity contribution in [3.05, 3.63) is 63.9 Å². The Morgan fingerprint density at radius 3 is 2.69 bits per heavy atom. The number of nitrogens with one attached hydrogen (secondary N) is 1. The van der Waals surface area contributed by atoms with Gasteiger partial charge in [-0.15, -0.1) is 0 Å². The Kier molecular flexibility index (Phi) is 9.20. The molecule has 1 saturated heterocycles. The minimum atomic E-state index is -0.934. The summed E-state index contributed by atoms with van der Waals surface area (Å²) in [5, 5.41) is 12.8. The molecule has 0 aliphatic carbocycles. The number of amides is 2. The molecule has 0 spiro atoms. The third-order valence-electron chi connectivity index (χ3n) is 7.68. The molecule has 1 unspecified atom stereocenters. The molecular formula is C29H32ClFN4O4. The summed E-state index contributed by atoms with van der Waals surface area (Å²) in [6, 6.07) is 11.4. The van der Waals surface area contributed by atoms with Gasteiger partial charge in [0, 0.05) is 41.7 Å². The first-order valence-corrected chi connectivity index (χ1v) is 13.5. The van der Waals surface area contributed by atoms with Gasteiger partial charge in [-0.05, 0) is 63.0 Å². The molecule has 0 aromatic heterocycles. The Bertz CT molecular complexity index is 1250. The first-order valence-electron chi connectivity index (χ1n) is 13.1. The van der Waals surface area contributed by atoms with E-state index in [4.69, 9.17) is 16.3 Å². The summed E-state index contributed by atoms with van der Waals surface area (Å²) in [5.41, 5.74) is 0.601. The molecule has 2 amide bonds. The van der Waals surface area contributed by atoms with E-state index < -0.39 is 17.3 Å². The van der Waals surface area contributed by atoms with Gasteiger partial charge in [-0.2, -0.15) is 5.26 Å². The molecule has 39 heavy (non-hydrogen) atoms. The van der Waals surface area contributed by atoms with Crippen molar-refractivity contribution in [3.8, 4) is 11.8 Å². The van der Waals surface area contributed by atoms with Crippen molar-refractivity contribution in [2.45, 2.75) is 50.1 Å². The van der Waals surface area contributed by atoms with Crippen LogP contribution in [0.1, 0.15) is 53.6 Å². The van der Waals surface area contributed by atoms with Gasteiger partial charge in [0.2, 0.25) is 5.91 Å². The fourth-order valence-electron chi connectivity index (χ4n) is 5.54. The summed E-state index contributed by atoms with van der Waals surface area (Å²) in [7, 11) is 1.51. The van der Waals surface area contributed by atoms with Crippen LogP contribution in [0.5, 0.6) is 5.75 Å². The van der Waals surface area contributed by atoms with Crippen LogP contribution in [-0.4, -0.2) is 67.2 Å². The lowest BCUT2D eigenvalue weighted by Gasteiger charge is -2.38. The fraction of sp³-hybridized carbons (Fsp3) is 0.448. The van der Waals surface area contributed by atoms with Crippen LogP contribution in [0.15, 0.2) is 36.4 Å². The lowest BCUT2D eigenvalue weighted by Crippen LogP contribution is -2.46. The Morgan fingerprint density at radius 1 is 1.28 bits per heavy atom. The molecule has 0 radical (unpaired) electrons. The normalized spacial score (nSPS) is 17.3. The summed E-state index contributed by atoms with van der Waals surface area (Å²) < 4.78 is 20.6. The summed E-state index contributed by atoms with van der Waals surface area (Å²) in [6.45, 7) is 2.70. The number of nitriles is 1. The molecule has 2 aliphatic rings. The van der Waals surface area contributed by atoms with Gasteiger partial charge in [-0.1, -0.05) is 23.7 Å². The predicted molar refractivity (Wildman–Crippen MR) is 144 cm³/mol. The zero-order chi connectivity index (χ0) is 28.0. The molecule has 0 saturated carbocycles. The molecule has 0 bridgehead atoms. The maximum atomic E-state index is 14.5. The monoisotopic (exact) mass is 554 g/mol. The number of piperidine rings is 1. The van der Waals surface area contributed by atoms with Gasteiger partial charge in [0.05, 0.1) is 24.6 Å². The summed E-state index contributed by atoms with van der Waals surface area (Å²) in [5.74, 6) is -0.395. The van der Waals surface area contributed by atoms with Gasteiger partial charge >= 0.3 is 0 Å². The minimum Gasteiger partial charge on any atom is -0.493 e. The number of ether oxygens (including phenoxy) is 1. The molecule has 206 valence electrons. The lowest BCUT2D eigenvalue weighted by molar-refractivity contribution is -0.125. The van der Waals surface area contributed by atoms with E-state index in [9.17, 15) is 24.0 Å². The number of hydrogen-bond acceptors (Lipinski definition) is 6. The highest BCUT2D eigenvalue weighted by Crippen LogP contribution is 2.40. The second-order valence-corrected chi connectivity index (χ2v) is 10.3. The maximum Gasteiger partial charge on any atom is 0.255 e. The number of fused-ring (bicyclic) bond motifs is 1. The number of rotatable bonds is 11.